The largest absolute Gasteiger partial charge is 0.380 e. The lowest BCUT2D eigenvalue weighted by Gasteiger charge is -2.13. The van der Waals surface area contributed by atoms with E-state index in [4.69, 9.17) is 15.8 Å². The predicted molar refractivity (Wildman–Crippen MR) is 121 cm³/mol. The Morgan fingerprint density at radius 1 is 0.903 bits per heavy atom. The number of carbonyl (C=O) groups is 2. The lowest BCUT2D eigenvalue weighted by molar-refractivity contribution is -0.113. The first kappa shape index (κ1) is 22.3. The van der Waals surface area contributed by atoms with Crippen molar-refractivity contribution >= 4 is 44.9 Å². The second kappa shape index (κ2) is 9.63. The van der Waals surface area contributed by atoms with Crippen LogP contribution >= 0.6 is 11.6 Å². The maximum Gasteiger partial charge on any atom is 0.306 e. The number of hydrogen-bond acceptors (Lipinski definition) is 5. The summed E-state index contributed by atoms with van der Waals surface area (Å²) in [6.07, 6.45) is 0.875. The van der Waals surface area contributed by atoms with Gasteiger partial charge in [0.2, 0.25) is 5.91 Å². The average Bonchev–Trinajstić information content (AvgIpc) is 2.75. The molecule has 3 aromatic rings. The number of hydrogen-bond donors (Lipinski definition) is 2. The molecule has 0 aliphatic carbocycles. The van der Waals surface area contributed by atoms with Crippen LogP contribution in [0.2, 0.25) is 0 Å². The van der Waals surface area contributed by atoms with Crippen LogP contribution in [0.25, 0.3) is 11.1 Å². The van der Waals surface area contributed by atoms with Crippen LogP contribution in [0.15, 0.2) is 72.8 Å². The smallest absolute Gasteiger partial charge is 0.306 e. The van der Waals surface area contributed by atoms with Gasteiger partial charge in [-0.25, -0.2) is 0 Å². The number of alkyl halides is 1. The molecule has 3 aromatic carbocycles. The van der Waals surface area contributed by atoms with Crippen molar-refractivity contribution in [1.29, 1.82) is 0 Å². The summed E-state index contributed by atoms with van der Waals surface area (Å²) in [5, 5.41) is 5.19. The second-order valence-electron chi connectivity index (χ2n) is 6.58. The van der Waals surface area contributed by atoms with E-state index in [1.165, 1.54) is 18.2 Å². The highest BCUT2D eigenvalue weighted by Gasteiger charge is 2.16. The Kier molecular flexibility index (Phi) is 6.94. The summed E-state index contributed by atoms with van der Waals surface area (Å²) in [5.74, 6) is -1.48. The summed E-state index contributed by atoms with van der Waals surface area (Å²) in [4.78, 5) is 24.3. The minimum absolute atomic E-state index is 0.0168. The molecule has 0 aliphatic rings. The number of benzene rings is 3. The van der Waals surface area contributed by atoms with Gasteiger partial charge in [-0.05, 0) is 41.5 Å². The first-order valence-corrected chi connectivity index (χ1v) is 11.5. The molecule has 7 nitrogen and oxygen atoms in total. The minimum atomic E-state index is -3.84. The lowest BCUT2D eigenvalue weighted by Crippen LogP contribution is -2.17. The van der Waals surface area contributed by atoms with Gasteiger partial charge < -0.3 is 14.8 Å². The van der Waals surface area contributed by atoms with Gasteiger partial charge in [-0.2, -0.15) is 8.42 Å². The van der Waals surface area contributed by atoms with Gasteiger partial charge in [0.15, 0.2) is 5.75 Å². The number of nitrogens with one attached hydrogen (secondary N) is 2. The SMILES string of the molecule is CS(=O)(=O)Oc1ccc(C(=O)Nc2ccc(-c3ccccc3)cc2)cc1NC(=O)CCl. The molecule has 0 unspecified atom stereocenters. The van der Waals surface area contributed by atoms with Crippen LogP contribution in [0.5, 0.6) is 5.75 Å². The number of halogens is 1. The molecule has 31 heavy (non-hydrogen) atoms. The van der Waals surface area contributed by atoms with Gasteiger partial charge in [-0.3, -0.25) is 9.59 Å². The van der Waals surface area contributed by atoms with E-state index in [2.05, 4.69) is 10.6 Å². The van der Waals surface area contributed by atoms with Crippen LogP contribution in [-0.4, -0.2) is 32.4 Å². The van der Waals surface area contributed by atoms with Crippen LogP contribution in [0.1, 0.15) is 10.4 Å². The molecule has 2 amide bonds. The Hall–Kier alpha value is -3.36. The Balaban J connectivity index is 1.80. The van der Waals surface area contributed by atoms with Crippen LogP contribution in [0, 0.1) is 0 Å². The average molecular weight is 459 g/mol. The van der Waals surface area contributed by atoms with Crippen molar-refractivity contribution in [3.63, 3.8) is 0 Å². The molecule has 9 heteroatoms. The molecule has 0 aliphatic heterocycles. The summed E-state index contributed by atoms with van der Waals surface area (Å²) in [5.41, 5.74) is 2.85. The van der Waals surface area contributed by atoms with Gasteiger partial charge in [-0.1, -0.05) is 42.5 Å². The Morgan fingerprint density at radius 3 is 2.16 bits per heavy atom. The molecule has 0 aromatic heterocycles. The topological polar surface area (TPSA) is 102 Å². The quantitative estimate of drug-likeness (QED) is 0.409. The molecule has 0 bridgehead atoms. The normalized spacial score (nSPS) is 10.9. The number of rotatable bonds is 7. The number of anilines is 2. The van der Waals surface area contributed by atoms with Crippen molar-refractivity contribution < 1.29 is 22.2 Å². The fourth-order valence-electron chi connectivity index (χ4n) is 2.77. The molecule has 0 fully saturated rings. The third-order valence-corrected chi connectivity index (χ3v) is 4.85. The second-order valence-corrected chi connectivity index (χ2v) is 8.42. The Morgan fingerprint density at radius 2 is 1.55 bits per heavy atom. The van der Waals surface area contributed by atoms with Crippen LogP contribution in [-0.2, 0) is 14.9 Å². The van der Waals surface area contributed by atoms with Crippen LogP contribution in [0.4, 0.5) is 11.4 Å². The summed E-state index contributed by atoms with van der Waals surface area (Å²) >= 11 is 5.50. The lowest BCUT2D eigenvalue weighted by atomic mass is 10.1. The standard InChI is InChI=1S/C22H19ClN2O5S/c1-31(28,29)30-20-12-9-17(13-19(20)25-21(26)14-23)22(27)24-18-10-7-16(8-11-18)15-5-3-2-4-6-15/h2-13H,14H2,1H3,(H,24,27)(H,25,26). The van der Waals surface area contributed by atoms with Crippen LogP contribution < -0.4 is 14.8 Å². The third kappa shape index (κ3) is 6.31. The van der Waals surface area contributed by atoms with Crippen molar-refractivity contribution in [1.82, 2.24) is 0 Å². The maximum absolute atomic E-state index is 12.7. The summed E-state index contributed by atoms with van der Waals surface area (Å²) in [6.45, 7) is 0. The highest BCUT2D eigenvalue weighted by atomic mass is 35.5. The van der Waals surface area contributed by atoms with E-state index >= 15 is 0 Å². The zero-order valence-corrected chi connectivity index (χ0v) is 18.0. The molecule has 160 valence electrons. The van der Waals surface area contributed by atoms with Crippen molar-refractivity contribution in [3.05, 3.63) is 78.4 Å². The molecular formula is C22H19ClN2O5S. The van der Waals surface area contributed by atoms with E-state index in [0.717, 1.165) is 17.4 Å². The highest BCUT2D eigenvalue weighted by molar-refractivity contribution is 7.86. The van der Waals surface area contributed by atoms with Gasteiger partial charge in [0, 0.05) is 11.3 Å². The molecule has 2 N–H and O–H groups in total. The van der Waals surface area contributed by atoms with Gasteiger partial charge in [0.25, 0.3) is 5.91 Å². The first-order valence-electron chi connectivity index (χ1n) is 9.11. The molecule has 0 saturated heterocycles. The summed E-state index contributed by atoms with van der Waals surface area (Å²) < 4.78 is 27.8. The van der Waals surface area contributed by atoms with E-state index in [9.17, 15) is 18.0 Å². The molecule has 0 atom stereocenters. The van der Waals surface area contributed by atoms with Gasteiger partial charge in [0.1, 0.15) is 5.88 Å². The summed E-state index contributed by atoms with van der Waals surface area (Å²) in [6, 6.07) is 21.1. The van der Waals surface area contributed by atoms with Gasteiger partial charge in [-0.15, -0.1) is 11.6 Å². The fourth-order valence-corrected chi connectivity index (χ4v) is 3.31. The van der Waals surface area contributed by atoms with Crippen molar-refractivity contribution in [2.45, 2.75) is 0 Å². The van der Waals surface area contributed by atoms with Gasteiger partial charge >= 0.3 is 10.1 Å². The van der Waals surface area contributed by atoms with E-state index < -0.39 is 21.9 Å². The maximum atomic E-state index is 12.7. The molecule has 0 radical (unpaired) electrons. The fraction of sp³-hybridized carbons (Fsp3) is 0.0909. The molecule has 3 rings (SSSR count). The van der Waals surface area contributed by atoms with Crippen molar-refractivity contribution in [2.75, 3.05) is 22.8 Å². The Labute approximate surface area is 185 Å². The first-order chi connectivity index (χ1) is 14.7. The Bertz CT molecular complexity index is 1200. The van der Waals surface area contributed by atoms with E-state index in [1.54, 1.807) is 12.1 Å². The molecule has 0 spiro atoms. The van der Waals surface area contributed by atoms with Crippen molar-refractivity contribution in [3.8, 4) is 16.9 Å². The highest BCUT2D eigenvalue weighted by Crippen LogP contribution is 2.28. The van der Waals surface area contributed by atoms with Crippen LogP contribution in [0.3, 0.4) is 0 Å². The van der Waals surface area contributed by atoms with E-state index in [0.29, 0.717) is 5.69 Å². The number of amides is 2. The van der Waals surface area contributed by atoms with Crippen molar-refractivity contribution in [2.24, 2.45) is 0 Å². The minimum Gasteiger partial charge on any atom is -0.380 e. The van der Waals surface area contributed by atoms with E-state index in [-0.39, 0.29) is 22.9 Å². The third-order valence-electron chi connectivity index (χ3n) is 4.13. The predicted octanol–water partition coefficient (Wildman–Crippen LogP) is 4.12. The molecular weight excluding hydrogens is 440 g/mol. The monoisotopic (exact) mass is 458 g/mol. The zero-order chi connectivity index (χ0) is 22.4. The molecule has 0 heterocycles. The summed E-state index contributed by atoms with van der Waals surface area (Å²) in [7, 11) is -3.84. The molecule has 0 saturated carbocycles. The van der Waals surface area contributed by atoms with Gasteiger partial charge in [0.05, 0.1) is 11.9 Å². The zero-order valence-electron chi connectivity index (χ0n) is 16.5. The van der Waals surface area contributed by atoms with E-state index in [1.807, 2.05) is 42.5 Å². The number of carbonyl (C=O) groups excluding carboxylic acids is 2.